The monoisotopic (exact) mass is 512 g/mol. The van der Waals surface area contributed by atoms with Gasteiger partial charge in [-0.25, -0.2) is 5.43 Å². The lowest BCUT2D eigenvalue weighted by atomic mass is 10.2. The number of rotatable bonds is 10. The van der Waals surface area contributed by atoms with E-state index in [1.807, 2.05) is 47.9 Å². The summed E-state index contributed by atoms with van der Waals surface area (Å²) in [6.45, 7) is 8.76. The summed E-state index contributed by atoms with van der Waals surface area (Å²) in [6.07, 6.45) is 3.39. The van der Waals surface area contributed by atoms with Gasteiger partial charge in [0.1, 0.15) is 0 Å². The number of thioether (sulfide) groups is 1. The normalized spacial score (nSPS) is 12.0. The van der Waals surface area contributed by atoms with Crippen LogP contribution in [0.5, 0.6) is 0 Å². The Hall–Kier alpha value is -2.91. The number of benzene rings is 2. The van der Waals surface area contributed by atoms with E-state index in [1.165, 1.54) is 17.3 Å². The van der Waals surface area contributed by atoms with Crippen LogP contribution < -0.4 is 10.7 Å². The highest BCUT2D eigenvalue weighted by atomic mass is 79.9. The number of aromatic nitrogens is 3. The molecule has 2 aromatic carbocycles. The zero-order valence-corrected chi connectivity index (χ0v) is 20.4. The van der Waals surface area contributed by atoms with E-state index in [9.17, 15) is 4.79 Å². The maximum absolute atomic E-state index is 12.5. The van der Waals surface area contributed by atoms with E-state index >= 15 is 0 Å². The predicted octanol–water partition coefficient (Wildman–Crippen LogP) is 4.78. The van der Waals surface area contributed by atoms with Gasteiger partial charge in [-0.2, -0.15) is 5.10 Å². The number of anilines is 1. The van der Waals surface area contributed by atoms with Crippen molar-refractivity contribution < 1.29 is 4.79 Å². The van der Waals surface area contributed by atoms with Crippen LogP contribution in [0, 0.1) is 6.92 Å². The molecule has 0 saturated carbocycles. The molecule has 2 N–H and O–H groups in total. The molecule has 0 unspecified atom stereocenters. The maximum Gasteiger partial charge on any atom is 0.253 e. The molecule has 1 amide bonds. The van der Waals surface area contributed by atoms with Crippen molar-refractivity contribution in [3.8, 4) is 0 Å². The van der Waals surface area contributed by atoms with E-state index in [-0.39, 0.29) is 5.91 Å². The van der Waals surface area contributed by atoms with E-state index in [4.69, 9.17) is 0 Å². The van der Waals surface area contributed by atoms with Crippen LogP contribution in [0.2, 0.25) is 0 Å². The predicted molar refractivity (Wildman–Crippen MR) is 134 cm³/mol. The second-order valence-electron chi connectivity index (χ2n) is 7.07. The first-order valence-electron chi connectivity index (χ1n) is 10.0. The second kappa shape index (κ2) is 11.6. The van der Waals surface area contributed by atoms with Crippen LogP contribution in [-0.2, 0) is 17.9 Å². The lowest BCUT2D eigenvalue weighted by Gasteiger charge is -2.12. The zero-order chi connectivity index (χ0) is 22.9. The van der Waals surface area contributed by atoms with E-state index < -0.39 is 5.25 Å². The molecule has 0 saturated heterocycles. The number of carbonyl (C=O) groups excluding carboxylic acids is 1. The van der Waals surface area contributed by atoms with E-state index in [0.717, 1.165) is 21.5 Å². The summed E-state index contributed by atoms with van der Waals surface area (Å²) in [6, 6.07) is 15.8. The largest absolute Gasteiger partial charge is 0.378 e. The number of carbonyl (C=O) groups is 1. The standard InChI is InChI=1S/C23H25BrN6OS/c1-4-12-30-21(15-25-20-10-8-16(2)9-11-20)27-29-23(30)32-17(3)22(31)28-26-14-18-6-5-7-19(24)13-18/h4-11,13-14,17,25H,1,12,15H2,2-3H3,(H,28,31)/b26-14-/t17-/m1/s1. The van der Waals surface area contributed by atoms with Gasteiger partial charge in [-0.3, -0.25) is 4.79 Å². The Labute approximate surface area is 200 Å². The Bertz CT molecular complexity index is 1100. The molecule has 0 fully saturated rings. The summed E-state index contributed by atoms with van der Waals surface area (Å²) in [5.41, 5.74) is 5.68. The summed E-state index contributed by atoms with van der Waals surface area (Å²) >= 11 is 4.74. The van der Waals surface area contributed by atoms with Crippen LogP contribution in [0.25, 0.3) is 0 Å². The number of hydrogen-bond donors (Lipinski definition) is 2. The van der Waals surface area contributed by atoms with Gasteiger partial charge in [0.05, 0.1) is 18.0 Å². The summed E-state index contributed by atoms with van der Waals surface area (Å²) in [7, 11) is 0. The van der Waals surface area contributed by atoms with Crippen molar-refractivity contribution in [3.63, 3.8) is 0 Å². The minimum absolute atomic E-state index is 0.214. The molecule has 1 heterocycles. The minimum Gasteiger partial charge on any atom is -0.378 e. The third-order valence-corrected chi connectivity index (χ3v) is 6.07. The van der Waals surface area contributed by atoms with Crippen molar-refractivity contribution in [3.05, 3.63) is 82.6 Å². The Morgan fingerprint density at radius 2 is 2.06 bits per heavy atom. The molecule has 0 aliphatic carbocycles. The van der Waals surface area contributed by atoms with Gasteiger partial charge in [0, 0.05) is 16.7 Å². The first kappa shape index (κ1) is 23.7. The minimum atomic E-state index is -0.402. The molecule has 7 nitrogen and oxygen atoms in total. The number of allylic oxidation sites excluding steroid dienone is 1. The first-order valence-corrected chi connectivity index (χ1v) is 11.7. The van der Waals surface area contributed by atoms with Gasteiger partial charge in [0.25, 0.3) is 5.91 Å². The van der Waals surface area contributed by atoms with E-state index in [1.54, 1.807) is 12.3 Å². The molecule has 1 aromatic heterocycles. The van der Waals surface area contributed by atoms with E-state index in [2.05, 4.69) is 67.6 Å². The van der Waals surface area contributed by atoms with E-state index in [0.29, 0.717) is 18.2 Å². The Kier molecular flexibility index (Phi) is 8.64. The molecule has 166 valence electrons. The van der Waals surface area contributed by atoms with Crippen LogP contribution >= 0.6 is 27.7 Å². The van der Waals surface area contributed by atoms with Crippen molar-refractivity contribution in [2.75, 3.05) is 5.32 Å². The Balaban J connectivity index is 1.60. The molecule has 3 aromatic rings. The van der Waals surface area contributed by atoms with Crippen LogP contribution in [0.15, 0.2) is 75.9 Å². The van der Waals surface area contributed by atoms with Gasteiger partial charge in [-0.1, -0.05) is 63.6 Å². The summed E-state index contributed by atoms with van der Waals surface area (Å²) in [4.78, 5) is 12.5. The van der Waals surface area contributed by atoms with Gasteiger partial charge < -0.3 is 9.88 Å². The van der Waals surface area contributed by atoms with Crippen LogP contribution in [-0.4, -0.2) is 32.1 Å². The molecule has 32 heavy (non-hydrogen) atoms. The van der Waals surface area contributed by atoms with Gasteiger partial charge in [0.15, 0.2) is 11.0 Å². The Morgan fingerprint density at radius 1 is 1.28 bits per heavy atom. The molecular weight excluding hydrogens is 488 g/mol. The molecular formula is C23H25BrN6OS. The summed E-state index contributed by atoms with van der Waals surface area (Å²) in [5, 5.41) is 16.3. The van der Waals surface area contributed by atoms with Crippen LogP contribution in [0.1, 0.15) is 23.9 Å². The fourth-order valence-electron chi connectivity index (χ4n) is 2.76. The summed E-state index contributed by atoms with van der Waals surface area (Å²) in [5.74, 6) is 0.557. The van der Waals surface area contributed by atoms with Crippen molar-refractivity contribution in [1.29, 1.82) is 0 Å². The fraction of sp³-hybridized carbons (Fsp3) is 0.217. The lowest BCUT2D eigenvalue weighted by molar-refractivity contribution is -0.120. The van der Waals surface area contributed by atoms with Gasteiger partial charge >= 0.3 is 0 Å². The number of amides is 1. The summed E-state index contributed by atoms with van der Waals surface area (Å²) < 4.78 is 2.90. The number of hydrazone groups is 1. The third-order valence-electron chi connectivity index (χ3n) is 4.50. The topological polar surface area (TPSA) is 84.2 Å². The molecule has 0 aliphatic rings. The number of halogens is 1. The Morgan fingerprint density at radius 3 is 2.78 bits per heavy atom. The van der Waals surface area contributed by atoms with Crippen molar-refractivity contribution in [2.45, 2.75) is 37.3 Å². The first-order chi connectivity index (χ1) is 15.5. The van der Waals surface area contributed by atoms with Gasteiger partial charge in [-0.05, 0) is 43.7 Å². The van der Waals surface area contributed by atoms with Crippen LogP contribution in [0.3, 0.4) is 0 Å². The molecule has 0 radical (unpaired) electrons. The number of hydrogen-bond acceptors (Lipinski definition) is 6. The highest BCUT2D eigenvalue weighted by molar-refractivity contribution is 9.10. The zero-order valence-electron chi connectivity index (χ0n) is 18.0. The van der Waals surface area contributed by atoms with Crippen molar-refractivity contribution in [2.24, 2.45) is 5.10 Å². The highest BCUT2D eigenvalue weighted by Crippen LogP contribution is 2.23. The fourth-order valence-corrected chi connectivity index (χ4v) is 4.05. The molecule has 3 rings (SSSR count). The van der Waals surface area contributed by atoms with Crippen molar-refractivity contribution in [1.82, 2.24) is 20.2 Å². The SMILES string of the molecule is C=CCn1c(CNc2ccc(C)cc2)nnc1S[C@H](C)C(=O)N/N=C\c1cccc(Br)c1. The van der Waals surface area contributed by atoms with Gasteiger partial charge in [0.2, 0.25) is 0 Å². The van der Waals surface area contributed by atoms with Crippen LogP contribution in [0.4, 0.5) is 5.69 Å². The second-order valence-corrected chi connectivity index (χ2v) is 9.29. The molecule has 0 bridgehead atoms. The van der Waals surface area contributed by atoms with Gasteiger partial charge in [-0.15, -0.1) is 16.8 Å². The highest BCUT2D eigenvalue weighted by Gasteiger charge is 2.19. The number of nitrogens with one attached hydrogen (secondary N) is 2. The number of nitrogens with zero attached hydrogens (tertiary/aromatic N) is 4. The number of aryl methyl sites for hydroxylation is 1. The molecule has 0 aliphatic heterocycles. The van der Waals surface area contributed by atoms with Crippen molar-refractivity contribution >= 4 is 45.5 Å². The maximum atomic E-state index is 12.5. The average Bonchev–Trinajstić information content (AvgIpc) is 3.15. The third kappa shape index (κ3) is 6.80. The average molecular weight is 513 g/mol. The quantitative estimate of drug-likeness (QED) is 0.177. The lowest BCUT2D eigenvalue weighted by Crippen LogP contribution is -2.27. The smallest absolute Gasteiger partial charge is 0.253 e. The molecule has 9 heteroatoms. The molecule has 1 atom stereocenters. The molecule has 0 spiro atoms.